The summed E-state index contributed by atoms with van der Waals surface area (Å²) in [6.45, 7) is 3.70. The lowest BCUT2D eigenvalue weighted by molar-refractivity contribution is 0.368. The van der Waals surface area contributed by atoms with E-state index in [4.69, 9.17) is 4.52 Å². The fraction of sp³-hybridized carbons (Fsp3) is 0.300. The van der Waals surface area contributed by atoms with Crippen LogP contribution < -0.4 is 5.32 Å². The number of rotatable bonds is 4. The molecule has 0 saturated heterocycles. The van der Waals surface area contributed by atoms with Gasteiger partial charge in [0, 0.05) is 11.3 Å². The van der Waals surface area contributed by atoms with Crippen molar-refractivity contribution in [1.29, 1.82) is 0 Å². The maximum atomic E-state index is 13.7. The van der Waals surface area contributed by atoms with Gasteiger partial charge in [0.15, 0.2) is 0 Å². The van der Waals surface area contributed by atoms with Gasteiger partial charge in [-0.3, -0.25) is 0 Å². The maximum absolute atomic E-state index is 13.7. The molecule has 1 heterocycles. The summed E-state index contributed by atoms with van der Waals surface area (Å²) in [5.41, 5.74) is 5.12. The minimum Gasteiger partial charge on any atom is -0.374 e. The highest BCUT2D eigenvalue weighted by Crippen LogP contribution is 2.27. The lowest BCUT2D eigenvalue weighted by atomic mass is 10.1. The SMILES string of the molecule is Cc1ccc(-c2noc(C(C)Nc3ccc4c(c3)CCC4)n2)cc1F. The second-order valence-electron chi connectivity index (χ2n) is 6.62. The highest BCUT2D eigenvalue weighted by molar-refractivity contribution is 5.55. The Morgan fingerprint density at radius 1 is 1.12 bits per heavy atom. The molecule has 0 aliphatic heterocycles. The van der Waals surface area contributed by atoms with E-state index in [0.717, 1.165) is 12.1 Å². The molecule has 1 aliphatic rings. The summed E-state index contributed by atoms with van der Waals surface area (Å²) in [7, 11) is 0. The van der Waals surface area contributed by atoms with Crippen LogP contribution in [0.3, 0.4) is 0 Å². The van der Waals surface area contributed by atoms with Crippen molar-refractivity contribution in [3.63, 3.8) is 0 Å². The molecule has 25 heavy (non-hydrogen) atoms. The molecule has 2 aromatic carbocycles. The maximum Gasteiger partial charge on any atom is 0.249 e. The molecule has 1 unspecified atom stereocenters. The van der Waals surface area contributed by atoms with Crippen molar-refractivity contribution in [3.05, 3.63) is 64.8 Å². The Balaban J connectivity index is 1.52. The van der Waals surface area contributed by atoms with E-state index in [-0.39, 0.29) is 11.9 Å². The number of hydrogen-bond donors (Lipinski definition) is 1. The molecule has 0 spiro atoms. The fourth-order valence-corrected chi connectivity index (χ4v) is 3.23. The van der Waals surface area contributed by atoms with Crippen molar-refractivity contribution < 1.29 is 8.91 Å². The molecule has 1 aliphatic carbocycles. The molecule has 0 amide bonds. The van der Waals surface area contributed by atoms with E-state index in [1.165, 1.54) is 30.0 Å². The first-order chi connectivity index (χ1) is 12.1. The number of benzene rings is 2. The Morgan fingerprint density at radius 3 is 2.80 bits per heavy atom. The molecule has 1 atom stereocenters. The predicted molar refractivity (Wildman–Crippen MR) is 94.9 cm³/mol. The molecule has 0 radical (unpaired) electrons. The van der Waals surface area contributed by atoms with E-state index in [2.05, 4.69) is 33.7 Å². The first-order valence-electron chi connectivity index (χ1n) is 8.58. The minimum atomic E-state index is -0.270. The molecule has 0 bridgehead atoms. The Bertz CT molecular complexity index is 919. The summed E-state index contributed by atoms with van der Waals surface area (Å²) in [5, 5.41) is 7.39. The number of anilines is 1. The van der Waals surface area contributed by atoms with Crippen LogP contribution in [0.1, 0.15) is 42.0 Å². The van der Waals surface area contributed by atoms with Gasteiger partial charge in [-0.2, -0.15) is 4.98 Å². The number of aryl methyl sites for hydroxylation is 3. The van der Waals surface area contributed by atoms with E-state index >= 15 is 0 Å². The van der Waals surface area contributed by atoms with E-state index in [9.17, 15) is 4.39 Å². The van der Waals surface area contributed by atoms with E-state index in [1.807, 2.05) is 6.92 Å². The van der Waals surface area contributed by atoms with Crippen LogP contribution in [0, 0.1) is 12.7 Å². The Morgan fingerprint density at radius 2 is 1.96 bits per heavy atom. The lowest BCUT2D eigenvalue weighted by Gasteiger charge is -2.12. The highest BCUT2D eigenvalue weighted by Gasteiger charge is 2.17. The van der Waals surface area contributed by atoms with E-state index in [0.29, 0.717) is 22.8 Å². The molecular weight excluding hydrogens is 317 g/mol. The average Bonchev–Trinajstić information content (AvgIpc) is 3.26. The standard InChI is InChI=1S/C20H20FN3O/c1-12-6-7-16(11-18(12)21)19-23-20(25-24-19)13(2)22-17-9-8-14-4-3-5-15(14)10-17/h6-11,13,22H,3-5H2,1-2H3. The second-order valence-corrected chi connectivity index (χ2v) is 6.62. The molecule has 3 aromatic rings. The second kappa shape index (κ2) is 6.31. The molecule has 0 saturated carbocycles. The predicted octanol–water partition coefficient (Wildman–Crippen LogP) is 4.85. The van der Waals surface area contributed by atoms with Gasteiger partial charge in [0.1, 0.15) is 11.9 Å². The highest BCUT2D eigenvalue weighted by atomic mass is 19.1. The van der Waals surface area contributed by atoms with Gasteiger partial charge in [0.25, 0.3) is 0 Å². The van der Waals surface area contributed by atoms with Crippen molar-refractivity contribution >= 4 is 5.69 Å². The van der Waals surface area contributed by atoms with Crippen molar-refractivity contribution in [1.82, 2.24) is 10.1 Å². The van der Waals surface area contributed by atoms with E-state index in [1.54, 1.807) is 19.1 Å². The van der Waals surface area contributed by atoms with Crippen molar-refractivity contribution in [2.24, 2.45) is 0 Å². The number of nitrogens with one attached hydrogen (secondary N) is 1. The van der Waals surface area contributed by atoms with Crippen LogP contribution in [-0.4, -0.2) is 10.1 Å². The topological polar surface area (TPSA) is 51.0 Å². The van der Waals surface area contributed by atoms with Gasteiger partial charge < -0.3 is 9.84 Å². The monoisotopic (exact) mass is 337 g/mol. The molecule has 1 N–H and O–H groups in total. The summed E-state index contributed by atoms with van der Waals surface area (Å²) < 4.78 is 19.1. The van der Waals surface area contributed by atoms with Gasteiger partial charge in [-0.25, -0.2) is 4.39 Å². The van der Waals surface area contributed by atoms with Crippen LogP contribution >= 0.6 is 0 Å². The number of nitrogens with zero attached hydrogens (tertiary/aromatic N) is 2. The molecule has 4 rings (SSSR count). The summed E-state index contributed by atoms with van der Waals surface area (Å²) >= 11 is 0. The van der Waals surface area contributed by atoms with Gasteiger partial charge in [-0.15, -0.1) is 0 Å². The Hall–Kier alpha value is -2.69. The number of aromatic nitrogens is 2. The molecule has 128 valence electrons. The third-order valence-corrected chi connectivity index (χ3v) is 4.72. The molecule has 4 nitrogen and oxygen atoms in total. The Kier molecular flexibility index (Phi) is 3.99. The van der Waals surface area contributed by atoms with Crippen LogP contribution in [0.4, 0.5) is 10.1 Å². The zero-order valence-electron chi connectivity index (χ0n) is 14.3. The minimum absolute atomic E-state index is 0.129. The number of hydrogen-bond acceptors (Lipinski definition) is 4. The van der Waals surface area contributed by atoms with Crippen LogP contribution in [0.5, 0.6) is 0 Å². The summed E-state index contributed by atoms with van der Waals surface area (Å²) in [6, 6.07) is 11.3. The zero-order valence-corrected chi connectivity index (χ0v) is 14.3. The fourth-order valence-electron chi connectivity index (χ4n) is 3.23. The Labute approximate surface area is 146 Å². The molecule has 5 heteroatoms. The van der Waals surface area contributed by atoms with E-state index < -0.39 is 0 Å². The summed E-state index contributed by atoms with van der Waals surface area (Å²) in [5.74, 6) is 0.612. The van der Waals surface area contributed by atoms with Crippen LogP contribution in [0.25, 0.3) is 11.4 Å². The van der Waals surface area contributed by atoms with Gasteiger partial charge in [0.05, 0.1) is 0 Å². The molecule has 0 fully saturated rings. The quantitative estimate of drug-likeness (QED) is 0.740. The first-order valence-corrected chi connectivity index (χ1v) is 8.58. The molecular formula is C20H20FN3O. The molecule has 1 aromatic heterocycles. The number of fused-ring (bicyclic) bond motifs is 1. The largest absolute Gasteiger partial charge is 0.374 e. The van der Waals surface area contributed by atoms with Crippen molar-refractivity contribution in [2.75, 3.05) is 5.32 Å². The van der Waals surface area contributed by atoms with Crippen LogP contribution in [0.2, 0.25) is 0 Å². The van der Waals surface area contributed by atoms with Gasteiger partial charge in [-0.1, -0.05) is 23.4 Å². The third kappa shape index (κ3) is 3.14. The third-order valence-electron chi connectivity index (χ3n) is 4.72. The summed E-state index contributed by atoms with van der Waals surface area (Å²) in [4.78, 5) is 4.41. The van der Waals surface area contributed by atoms with Gasteiger partial charge in [-0.05, 0) is 68.0 Å². The lowest BCUT2D eigenvalue weighted by Crippen LogP contribution is -2.07. The van der Waals surface area contributed by atoms with Gasteiger partial charge >= 0.3 is 0 Å². The normalized spacial score (nSPS) is 14.4. The van der Waals surface area contributed by atoms with Crippen LogP contribution in [-0.2, 0) is 12.8 Å². The zero-order chi connectivity index (χ0) is 17.4. The first kappa shape index (κ1) is 15.8. The van der Waals surface area contributed by atoms with Gasteiger partial charge in [0.2, 0.25) is 11.7 Å². The van der Waals surface area contributed by atoms with Crippen molar-refractivity contribution in [2.45, 2.75) is 39.2 Å². The smallest absolute Gasteiger partial charge is 0.249 e. The number of halogens is 1. The van der Waals surface area contributed by atoms with Crippen LogP contribution in [0.15, 0.2) is 40.9 Å². The van der Waals surface area contributed by atoms with Crippen molar-refractivity contribution in [3.8, 4) is 11.4 Å². The summed E-state index contributed by atoms with van der Waals surface area (Å²) in [6.07, 6.45) is 3.54. The average molecular weight is 337 g/mol.